The van der Waals surface area contributed by atoms with Crippen molar-refractivity contribution in [2.24, 2.45) is 0 Å². The van der Waals surface area contributed by atoms with Crippen molar-refractivity contribution in [1.29, 1.82) is 0 Å². The van der Waals surface area contributed by atoms with E-state index in [-0.39, 0.29) is 18.4 Å². The molecule has 2 rings (SSSR count). The summed E-state index contributed by atoms with van der Waals surface area (Å²) in [5.74, 6) is 0.359. The van der Waals surface area contributed by atoms with Gasteiger partial charge in [-0.1, -0.05) is 11.6 Å². The molecule has 0 bridgehead atoms. The number of aliphatic carboxylic acids is 1. The monoisotopic (exact) mass is 314 g/mol. The van der Waals surface area contributed by atoms with E-state index in [4.69, 9.17) is 22.4 Å². The lowest BCUT2D eigenvalue weighted by Gasteiger charge is -2.34. The number of thioether (sulfide) groups is 1. The van der Waals surface area contributed by atoms with Gasteiger partial charge in [-0.3, -0.25) is 9.59 Å². The molecule has 1 aliphatic rings. The SMILES string of the molecule is Nc1cc(C(=O)N2CCSCC2CC(=O)O)ccc1Cl. The van der Waals surface area contributed by atoms with Gasteiger partial charge >= 0.3 is 5.97 Å². The molecule has 7 heteroatoms. The Bertz CT molecular complexity index is 538. The van der Waals surface area contributed by atoms with Gasteiger partial charge in [0, 0.05) is 23.6 Å². The van der Waals surface area contributed by atoms with Crippen molar-refractivity contribution in [3.05, 3.63) is 28.8 Å². The predicted molar refractivity (Wildman–Crippen MR) is 80.3 cm³/mol. The first kappa shape index (κ1) is 15.0. The molecule has 1 aromatic rings. The number of amides is 1. The number of anilines is 1. The quantitative estimate of drug-likeness (QED) is 0.833. The number of carbonyl (C=O) groups is 2. The van der Waals surface area contributed by atoms with E-state index in [0.717, 1.165) is 5.75 Å². The Morgan fingerprint density at radius 2 is 2.25 bits per heavy atom. The Morgan fingerprint density at radius 3 is 2.90 bits per heavy atom. The lowest BCUT2D eigenvalue weighted by molar-refractivity contribution is -0.138. The number of rotatable bonds is 3. The second kappa shape index (κ2) is 6.37. The highest BCUT2D eigenvalue weighted by atomic mass is 35.5. The summed E-state index contributed by atoms with van der Waals surface area (Å²) in [4.78, 5) is 25.0. The number of carboxylic acids is 1. The minimum atomic E-state index is -0.897. The van der Waals surface area contributed by atoms with Crippen LogP contribution >= 0.6 is 23.4 Å². The lowest BCUT2D eigenvalue weighted by Crippen LogP contribution is -2.47. The third-order valence-corrected chi connectivity index (χ3v) is 4.58. The molecule has 1 fully saturated rings. The third-order valence-electron chi connectivity index (χ3n) is 3.14. The number of hydrogen-bond donors (Lipinski definition) is 2. The molecule has 108 valence electrons. The molecule has 0 aromatic heterocycles. The van der Waals surface area contributed by atoms with Crippen molar-refractivity contribution in [2.75, 3.05) is 23.8 Å². The molecular weight excluding hydrogens is 300 g/mol. The molecule has 1 saturated heterocycles. The number of nitrogen functional groups attached to an aromatic ring is 1. The zero-order chi connectivity index (χ0) is 14.7. The second-order valence-corrected chi connectivity index (χ2v) is 6.12. The van der Waals surface area contributed by atoms with Crippen molar-refractivity contribution in [1.82, 2.24) is 4.90 Å². The Labute approximate surface area is 126 Å². The standard InChI is InChI=1S/C13H15ClN2O3S/c14-10-2-1-8(5-11(10)15)13(19)16-3-4-20-7-9(16)6-12(17)18/h1-2,5,9H,3-4,6-7,15H2,(H,17,18). The second-order valence-electron chi connectivity index (χ2n) is 4.56. The highest BCUT2D eigenvalue weighted by Crippen LogP contribution is 2.24. The van der Waals surface area contributed by atoms with Crippen LogP contribution in [0, 0.1) is 0 Å². The van der Waals surface area contributed by atoms with Gasteiger partial charge in [-0.2, -0.15) is 11.8 Å². The van der Waals surface area contributed by atoms with Crippen LogP contribution < -0.4 is 5.73 Å². The average molecular weight is 315 g/mol. The molecule has 20 heavy (non-hydrogen) atoms. The summed E-state index contributed by atoms with van der Waals surface area (Å²) in [6.45, 7) is 0.546. The number of nitrogens with zero attached hydrogens (tertiary/aromatic N) is 1. The molecule has 0 aliphatic carbocycles. The fourth-order valence-electron chi connectivity index (χ4n) is 2.14. The van der Waals surface area contributed by atoms with Gasteiger partial charge < -0.3 is 15.7 Å². The van der Waals surface area contributed by atoms with Crippen LogP contribution in [0.5, 0.6) is 0 Å². The van der Waals surface area contributed by atoms with Crippen LogP contribution in [0.15, 0.2) is 18.2 Å². The molecule has 5 nitrogen and oxygen atoms in total. The summed E-state index contributed by atoms with van der Waals surface area (Å²) in [5, 5.41) is 9.33. The van der Waals surface area contributed by atoms with Gasteiger partial charge in [0.05, 0.1) is 23.2 Å². The molecule has 1 amide bonds. The van der Waals surface area contributed by atoms with Crippen LogP contribution in [0.3, 0.4) is 0 Å². The lowest BCUT2D eigenvalue weighted by atomic mass is 10.1. The highest BCUT2D eigenvalue weighted by molar-refractivity contribution is 7.99. The van der Waals surface area contributed by atoms with Crippen molar-refractivity contribution < 1.29 is 14.7 Å². The summed E-state index contributed by atoms with van der Waals surface area (Å²) in [6, 6.07) is 4.44. The molecule has 1 aliphatic heterocycles. The van der Waals surface area contributed by atoms with Crippen LogP contribution in [0.25, 0.3) is 0 Å². The Balaban J connectivity index is 2.20. The summed E-state index contributed by atoms with van der Waals surface area (Å²) in [7, 11) is 0. The first-order valence-electron chi connectivity index (χ1n) is 6.14. The molecule has 1 aromatic carbocycles. The normalized spacial score (nSPS) is 18.9. The van der Waals surface area contributed by atoms with Gasteiger partial charge in [-0.15, -0.1) is 0 Å². The largest absolute Gasteiger partial charge is 0.481 e. The topological polar surface area (TPSA) is 83.6 Å². The molecule has 0 saturated carbocycles. The number of nitrogens with two attached hydrogens (primary N) is 1. The van der Waals surface area contributed by atoms with E-state index < -0.39 is 5.97 Å². The van der Waals surface area contributed by atoms with Crippen LogP contribution in [0.4, 0.5) is 5.69 Å². The van der Waals surface area contributed by atoms with Gasteiger partial charge in [0.1, 0.15) is 0 Å². The van der Waals surface area contributed by atoms with E-state index in [2.05, 4.69) is 0 Å². The first-order valence-corrected chi connectivity index (χ1v) is 7.68. The Morgan fingerprint density at radius 1 is 1.50 bits per heavy atom. The molecule has 1 unspecified atom stereocenters. The minimum absolute atomic E-state index is 0.0399. The van der Waals surface area contributed by atoms with E-state index in [9.17, 15) is 9.59 Å². The van der Waals surface area contributed by atoms with E-state index in [1.807, 2.05) is 0 Å². The predicted octanol–water partition coefficient (Wildman–Crippen LogP) is 1.95. The summed E-state index contributed by atoms with van der Waals surface area (Å²) in [6.07, 6.45) is -0.0399. The molecule has 0 spiro atoms. The van der Waals surface area contributed by atoms with Crippen molar-refractivity contribution in [3.63, 3.8) is 0 Å². The molecular formula is C13H15ClN2O3S. The van der Waals surface area contributed by atoms with E-state index in [1.165, 1.54) is 6.07 Å². The van der Waals surface area contributed by atoms with Crippen LogP contribution in [-0.2, 0) is 4.79 Å². The average Bonchev–Trinajstić information content (AvgIpc) is 2.41. The van der Waals surface area contributed by atoms with E-state index >= 15 is 0 Å². The van der Waals surface area contributed by atoms with E-state index in [1.54, 1.807) is 28.8 Å². The molecule has 0 radical (unpaired) electrons. The first-order chi connectivity index (χ1) is 9.49. The summed E-state index contributed by atoms with van der Waals surface area (Å²) >= 11 is 7.50. The van der Waals surface area contributed by atoms with Crippen molar-refractivity contribution in [3.8, 4) is 0 Å². The fraction of sp³-hybridized carbons (Fsp3) is 0.385. The Kier molecular flexibility index (Phi) is 4.77. The minimum Gasteiger partial charge on any atom is -0.481 e. The van der Waals surface area contributed by atoms with Gasteiger partial charge in [-0.25, -0.2) is 0 Å². The number of carboxylic acid groups (broad SMARTS) is 1. The van der Waals surface area contributed by atoms with Gasteiger partial charge in [0.2, 0.25) is 0 Å². The number of hydrogen-bond acceptors (Lipinski definition) is 4. The Hall–Kier alpha value is -1.40. The van der Waals surface area contributed by atoms with Crippen LogP contribution in [0.2, 0.25) is 5.02 Å². The van der Waals surface area contributed by atoms with Crippen molar-refractivity contribution >= 4 is 40.9 Å². The maximum Gasteiger partial charge on any atom is 0.305 e. The van der Waals surface area contributed by atoms with Gasteiger partial charge in [0.25, 0.3) is 5.91 Å². The van der Waals surface area contributed by atoms with Crippen LogP contribution in [0.1, 0.15) is 16.8 Å². The molecule has 1 atom stereocenters. The maximum atomic E-state index is 12.5. The van der Waals surface area contributed by atoms with Crippen LogP contribution in [-0.4, -0.2) is 46.0 Å². The van der Waals surface area contributed by atoms with E-state index in [0.29, 0.717) is 28.6 Å². The maximum absolute atomic E-state index is 12.5. The highest BCUT2D eigenvalue weighted by Gasteiger charge is 2.29. The number of benzene rings is 1. The summed E-state index contributed by atoms with van der Waals surface area (Å²) in [5.41, 5.74) is 6.49. The summed E-state index contributed by atoms with van der Waals surface area (Å²) < 4.78 is 0. The van der Waals surface area contributed by atoms with Gasteiger partial charge in [-0.05, 0) is 18.2 Å². The van der Waals surface area contributed by atoms with Crippen molar-refractivity contribution in [2.45, 2.75) is 12.5 Å². The number of carbonyl (C=O) groups excluding carboxylic acids is 1. The molecule has 1 heterocycles. The zero-order valence-corrected chi connectivity index (χ0v) is 12.3. The van der Waals surface area contributed by atoms with Gasteiger partial charge in [0.15, 0.2) is 0 Å². The number of halogens is 1. The fourth-order valence-corrected chi connectivity index (χ4v) is 3.32. The molecule has 3 N–H and O–H groups in total. The smallest absolute Gasteiger partial charge is 0.305 e. The zero-order valence-electron chi connectivity index (χ0n) is 10.7. The third kappa shape index (κ3) is 3.37.